The van der Waals surface area contributed by atoms with E-state index < -0.39 is 0 Å². The number of nitrogens with zero attached hydrogens (tertiary/aromatic N) is 1. The maximum absolute atomic E-state index is 13.4. The van der Waals surface area contributed by atoms with Gasteiger partial charge in [-0.1, -0.05) is 36.4 Å². The summed E-state index contributed by atoms with van der Waals surface area (Å²) >= 11 is 0. The lowest BCUT2D eigenvalue weighted by atomic mass is 9.87. The first-order valence-corrected chi connectivity index (χ1v) is 8.70. The number of hydrogen-bond donors (Lipinski definition) is 1. The fourth-order valence-electron chi connectivity index (χ4n) is 3.90. The summed E-state index contributed by atoms with van der Waals surface area (Å²) in [5, 5.41) is 3.47. The lowest BCUT2D eigenvalue weighted by Gasteiger charge is -2.42. The van der Waals surface area contributed by atoms with Crippen molar-refractivity contribution in [2.75, 3.05) is 32.8 Å². The number of nitrogens with one attached hydrogen (secondary N) is 1. The van der Waals surface area contributed by atoms with Crippen LogP contribution >= 0.6 is 0 Å². The molecule has 24 heavy (non-hydrogen) atoms. The van der Waals surface area contributed by atoms with Gasteiger partial charge >= 0.3 is 0 Å². The van der Waals surface area contributed by atoms with E-state index in [0.29, 0.717) is 6.04 Å². The second kappa shape index (κ2) is 7.01. The molecule has 2 atom stereocenters. The number of rotatable bonds is 2. The number of fused-ring (bicyclic) bond motifs is 1. The molecule has 0 spiro atoms. The van der Waals surface area contributed by atoms with Gasteiger partial charge in [-0.15, -0.1) is 0 Å². The molecule has 4 heteroatoms. The Morgan fingerprint density at radius 2 is 1.92 bits per heavy atom. The van der Waals surface area contributed by atoms with Crippen LogP contribution in [0, 0.1) is 5.82 Å². The van der Waals surface area contributed by atoms with Crippen molar-refractivity contribution in [1.29, 1.82) is 0 Å². The molecule has 1 N–H and O–H groups in total. The molecule has 2 aliphatic heterocycles. The molecule has 2 aromatic carbocycles. The largest absolute Gasteiger partial charge is 0.378 e. The van der Waals surface area contributed by atoms with Crippen molar-refractivity contribution in [3.05, 3.63) is 71.0 Å². The molecule has 126 valence electrons. The highest BCUT2D eigenvalue weighted by Crippen LogP contribution is 2.36. The zero-order chi connectivity index (χ0) is 16.4. The average Bonchev–Trinajstić information content (AvgIpc) is 2.91. The van der Waals surface area contributed by atoms with E-state index in [4.69, 9.17) is 4.74 Å². The molecule has 0 unspecified atom stereocenters. The molecule has 0 bridgehead atoms. The van der Waals surface area contributed by atoms with Crippen LogP contribution in [-0.4, -0.2) is 43.8 Å². The third kappa shape index (κ3) is 3.09. The SMILES string of the molecule is Fc1ccc([C@H]2c3ccccc3CCN2[C@H]2CNCCOC2)cc1. The first kappa shape index (κ1) is 15.8. The van der Waals surface area contributed by atoms with Crippen LogP contribution in [0.15, 0.2) is 48.5 Å². The summed E-state index contributed by atoms with van der Waals surface area (Å²) in [6, 6.07) is 16.1. The Morgan fingerprint density at radius 3 is 2.79 bits per heavy atom. The van der Waals surface area contributed by atoms with Gasteiger partial charge in [0.2, 0.25) is 0 Å². The van der Waals surface area contributed by atoms with Crippen LogP contribution in [0.2, 0.25) is 0 Å². The van der Waals surface area contributed by atoms with Gasteiger partial charge < -0.3 is 10.1 Å². The average molecular weight is 326 g/mol. The fraction of sp³-hybridized carbons (Fsp3) is 0.400. The third-order valence-electron chi connectivity index (χ3n) is 5.09. The van der Waals surface area contributed by atoms with Gasteiger partial charge in [0, 0.05) is 25.7 Å². The van der Waals surface area contributed by atoms with Crippen molar-refractivity contribution in [3.63, 3.8) is 0 Å². The quantitative estimate of drug-likeness (QED) is 0.918. The van der Waals surface area contributed by atoms with E-state index in [-0.39, 0.29) is 11.9 Å². The van der Waals surface area contributed by atoms with Crippen LogP contribution in [0.1, 0.15) is 22.7 Å². The zero-order valence-electron chi connectivity index (χ0n) is 13.7. The maximum atomic E-state index is 13.4. The molecule has 1 saturated heterocycles. The van der Waals surface area contributed by atoms with Gasteiger partial charge in [-0.2, -0.15) is 0 Å². The molecule has 3 nitrogen and oxygen atoms in total. The van der Waals surface area contributed by atoms with Crippen molar-refractivity contribution < 1.29 is 9.13 Å². The fourth-order valence-corrected chi connectivity index (χ4v) is 3.90. The van der Waals surface area contributed by atoms with Gasteiger partial charge in [0.1, 0.15) is 5.82 Å². The number of hydrogen-bond acceptors (Lipinski definition) is 3. The van der Waals surface area contributed by atoms with Gasteiger partial charge in [-0.3, -0.25) is 4.90 Å². The van der Waals surface area contributed by atoms with Gasteiger partial charge in [-0.05, 0) is 35.2 Å². The maximum Gasteiger partial charge on any atom is 0.123 e. The molecule has 2 heterocycles. The minimum absolute atomic E-state index is 0.157. The molecular weight excluding hydrogens is 303 g/mol. The summed E-state index contributed by atoms with van der Waals surface area (Å²) < 4.78 is 19.2. The molecule has 4 rings (SSSR count). The molecule has 0 saturated carbocycles. The van der Waals surface area contributed by atoms with Gasteiger partial charge in [0.25, 0.3) is 0 Å². The summed E-state index contributed by atoms with van der Waals surface area (Å²) in [5.41, 5.74) is 3.87. The smallest absolute Gasteiger partial charge is 0.123 e. The summed E-state index contributed by atoms with van der Waals surface area (Å²) in [4.78, 5) is 2.52. The first-order valence-electron chi connectivity index (χ1n) is 8.70. The van der Waals surface area contributed by atoms with Crippen LogP contribution in [0.4, 0.5) is 4.39 Å². The predicted molar refractivity (Wildman–Crippen MR) is 92.6 cm³/mol. The first-order chi connectivity index (χ1) is 11.8. The van der Waals surface area contributed by atoms with E-state index in [2.05, 4.69) is 34.5 Å². The molecule has 0 radical (unpaired) electrons. The Hall–Kier alpha value is -1.75. The van der Waals surface area contributed by atoms with Gasteiger partial charge in [0.15, 0.2) is 0 Å². The molecular formula is C20H23FN2O. The Labute approximate surface area is 142 Å². The molecule has 2 aromatic rings. The monoisotopic (exact) mass is 326 g/mol. The molecule has 1 fully saturated rings. The van der Waals surface area contributed by atoms with Crippen molar-refractivity contribution in [2.24, 2.45) is 0 Å². The van der Waals surface area contributed by atoms with Crippen molar-refractivity contribution in [2.45, 2.75) is 18.5 Å². The second-order valence-corrected chi connectivity index (χ2v) is 6.57. The van der Waals surface area contributed by atoms with E-state index in [1.807, 2.05) is 12.1 Å². The van der Waals surface area contributed by atoms with Crippen LogP contribution in [0.5, 0.6) is 0 Å². The highest BCUT2D eigenvalue weighted by Gasteiger charge is 2.33. The van der Waals surface area contributed by atoms with E-state index in [0.717, 1.165) is 44.8 Å². The van der Waals surface area contributed by atoms with Crippen LogP contribution < -0.4 is 5.32 Å². The van der Waals surface area contributed by atoms with Crippen molar-refractivity contribution in [3.8, 4) is 0 Å². The highest BCUT2D eigenvalue weighted by atomic mass is 19.1. The number of ether oxygens (including phenoxy) is 1. The predicted octanol–water partition coefficient (Wildman–Crippen LogP) is 2.76. The van der Waals surface area contributed by atoms with E-state index in [1.54, 1.807) is 12.1 Å². The van der Waals surface area contributed by atoms with Gasteiger partial charge in [0.05, 0.1) is 19.3 Å². The Morgan fingerprint density at radius 1 is 1.08 bits per heavy atom. The van der Waals surface area contributed by atoms with E-state index >= 15 is 0 Å². The molecule has 0 aromatic heterocycles. The van der Waals surface area contributed by atoms with Gasteiger partial charge in [-0.25, -0.2) is 4.39 Å². The topological polar surface area (TPSA) is 24.5 Å². The summed E-state index contributed by atoms with van der Waals surface area (Å²) in [6.45, 7) is 4.34. The lowest BCUT2D eigenvalue weighted by Crippen LogP contribution is -2.48. The minimum Gasteiger partial charge on any atom is -0.378 e. The highest BCUT2D eigenvalue weighted by molar-refractivity contribution is 5.40. The van der Waals surface area contributed by atoms with Crippen LogP contribution in [0.25, 0.3) is 0 Å². The molecule has 0 amide bonds. The van der Waals surface area contributed by atoms with E-state index in [1.165, 1.54) is 11.1 Å². The number of benzene rings is 2. The molecule has 2 aliphatic rings. The minimum atomic E-state index is -0.186. The normalized spacial score (nSPS) is 25.0. The summed E-state index contributed by atoms with van der Waals surface area (Å²) in [5.74, 6) is -0.186. The summed E-state index contributed by atoms with van der Waals surface area (Å²) in [6.07, 6.45) is 1.05. The number of halogens is 1. The van der Waals surface area contributed by atoms with Crippen LogP contribution in [-0.2, 0) is 11.2 Å². The Balaban J connectivity index is 1.73. The third-order valence-corrected chi connectivity index (χ3v) is 5.09. The Kier molecular flexibility index (Phi) is 4.60. The summed E-state index contributed by atoms with van der Waals surface area (Å²) in [7, 11) is 0. The molecule has 0 aliphatic carbocycles. The van der Waals surface area contributed by atoms with Crippen molar-refractivity contribution in [1.82, 2.24) is 10.2 Å². The standard InChI is InChI=1S/C20H23FN2O/c21-17-7-5-16(6-8-17)20-19-4-2-1-3-15(19)9-11-23(20)18-13-22-10-12-24-14-18/h1-8,18,20,22H,9-14H2/t18-,20-/m0/s1. The lowest BCUT2D eigenvalue weighted by molar-refractivity contribution is 0.0610. The Bertz CT molecular complexity index is 680. The second-order valence-electron chi connectivity index (χ2n) is 6.57. The zero-order valence-corrected chi connectivity index (χ0v) is 13.7. The van der Waals surface area contributed by atoms with Crippen LogP contribution in [0.3, 0.4) is 0 Å². The van der Waals surface area contributed by atoms with Crippen molar-refractivity contribution >= 4 is 0 Å². The van der Waals surface area contributed by atoms with E-state index in [9.17, 15) is 4.39 Å².